The highest BCUT2D eigenvalue weighted by Gasteiger charge is 2.12. The van der Waals surface area contributed by atoms with Gasteiger partial charge in [-0.3, -0.25) is 0 Å². The molecule has 4 heteroatoms. The monoisotopic (exact) mass is 291 g/mol. The van der Waals surface area contributed by atoms with Crippen LogP contribution in [0.4, 0.5) is 0 Å². The third-order valence-electron chi connectivity index (χ3n) is 3.47. The molecule has 116 valence electrons. The highest BCUT2D eigenvalue weighted by atomic mass is 32.2. The molecule has 0 aliphatic rings. The molecule has 0 bridgehead atoms. The maximum absolute atomic E-state index is 11.4. The van der Waals surface area contributed by atoms with Crippen LogP contribution in [0.5, 0.6) is 0 Å². The molecule has 0 heterocycles. The zero-order chi connectivity index (χ0) is 14.6. The van der Waals surface area contributed by atoms with Crippen LogP contribution in [0, 0.1) is 0 Å². The lowest BCUT2D eigenvalue weighted by molar-refractivity contribution is 0.522. The molecule has 0 aromatic heterocycles. The fourth-order valence-electron chi connectivity index (χ4n) is 2.17. The third-order valence-corrected chi connectivity index (χ3v) is 5.35. The SMILES string of the molecule is CCCCCCCCCCNC(C)CS(=O)(=O)CC. The number of hydrogen-bond acceptors (Lipinski definition) is 3. The van der Waals surface area contributed by atoms with E-state index in [1.165, 1.54) is 44.9 Å². The Morgan fingerprint density at radius 2 is 1.42 bits per heavy atom. The molecule has 0 radical (unpaired) electrons. The van der Waals surface area contributed by atoms with Gasteiger partial charge in [0.2, 0.25) is 0 Å². The number of nitrogens with one attached hydrogen (secondary N) is 1. The standard InChI is InChI=1S/C15H33NO2S/c1-4-6-7-8-9-10-11-12-13-16-15(3)14-19(17,18)5-2/h15-16H,4-14H2,1-3H3. The molecule has 1 N–H and O–H groups in total. The highest BCUT2D eigenvalue weighted by Crippen LogP contribution is 2.08. The van der Waals surface area contributed by atoms with Crippen LogP contribution in [-0.4, -0.2) is 32.5 Å². The van der Waals surface area contributed by atoms with Gasteiger partial charge in [0, 0.05) is 11.8 Å². The fourth-order valence-corrected chi connectivity index (χ4v) is 3.28. The molecule has 0 spiro atoms. The molecular weight excluding hydrogens is 258 g/mol. The Hall–Kier alpha value is -0.0900. The molecule has 3 nitrogen and oxygen atoms in total. The first-order valence-corrected chi connectivity index (χ1v) is 9.77. The summed E-state index contributed by atoms with van der Waals surface area (Å²) in [6.45, 7) is 6.85. The molecule has 0 aromatic carbocycles. The topological polar surface area (TPSA) is 46.2 Å². The van der Waals surface area contributed by atoms with Crippen molar-refractivity contribution in [2.24, 2.45) is 0 Å². The molecule has 19 heavy (non-hydrogen) atoms. The van der Waals surface area contributed by atoms with Crippen molar-refractivity contribution >= 4 is 9.84 Å². The third kappa shape index (κ3) is 12.7. The summed E-state index contributed by atoms with van der Waals surface area (Å²) >= 11 is 0. The highest BCUT2D eigenvalue weighted by molar-refractivity contribution is 7.91. The summed E-state index contributed by atoms with van der Waals surface area (Å²) in [6, 6.07) is 0.0782. The van der Waals surface area contributed by atoms with E-state index in [4.69, 9.17) is 0 Å². The summed E-state index contributed by atoms with van der Waals surface area (Å²) in [5.41, 5.74) is 0. The predicted octanol–water partition coefficient (Wildman–Crippen LogP) is 3.54. The summed E-state index contributed by atoms with van der Waals surface area (Å²) in [5, 5.41) is 3.31. The first-order valence-electron chi connectivity index (χ1n) is 7.95. The van der Waals surface area contributed by atoms with E-state index in [0.29, 0.717) is 0 Å². The van der Waals surface area contributed by atoms with E-state index in [2.05, 4.69) is 12.2 Å². The van der Waals surface area contributed by atoms with Gasteiger partial charge in [0.05, 0.1) is 5.75 Å². The van der Waals surface area contributed by atoms with Crippen molar-refractivity contribution in [2.75, 3.05) is 18.1 Å². The zero-order valence-electron chi connectivity index (χ0n) is 13.1. The summed E-state index contributed by atoms with van der Waals surface area (Å²) in [7, 11) is -2.84. The van der Waals surface area contributed by atoms with E-state index in [0.717, 1.165) is 13.0 Å². The second kappa shape index (κ2) is 11.7. The van der Waals surface area contributed by atoms with E-state index in [9.17, 15) is 8.42 Å². The molecular formula is C15H33NO2S. The van der Waals surface area contributed by atoms with Gasteiger partial charge >= 0.3 is 0 Å². The second-order valence-corrected chi connectivity index (χ2v) is 7.93. The summed E-state index contributed by atoms with van der Waals surface area (Å²) < 4.78 is 22.9. The van der Waals surface area contributed by atoms with Gasteiger partial charge in [-0.05, 0) is 19.9 Å². The van der Waals surface area contributed by atoms with Gasteiger partial charge in [-0.2, -0.15) is 0 Å². The second-order valence-electron chi connectivity index (χ2n) is 5.53. The minimum atomic E-state index is -2.84. The van der Waals surface area contributed by atoms with Gasteiger partial charge in [0.25, 0.3) is 0 Å². The van der Waals surface area contributed by atoms with Crippen molar-refractivity contribution in [1.29, 1.82) is 0 Å². The molecule has 0 aromatic rings. The Morgan fingerprint density at radius 3 is 1.95 bits per heavy atom. The minimum absolute atomic E-state index is 0.0782. The molecule has 0 amide bonds. The first-order chi connectivity index (χ1) is 9.02. The van der Waals surface area contributed by atoms with Crippen molar-refractivity contribution in [3.05, 3.63) is 0 Å². The molecule has 0 saturated carbocycles. The van der Waals surface area contributed by atoms with Crippen LogP contribution in [0.3, 0.4) is 0 Å². The fraction of sp³-hybridized carbons (Fsp3) is 1.00. The largest absolute Gasteiger partial charge is 0.313 e. The van der Waals surface area contributed by atoms with Gasteiger partial charge in [-0.15, -0.1) is 0 Å². The van der Waals surface area contributed by atoms with E-state index in [1.807, 2.05) is 6.92 Å². The molecule has 0 saturated heterocycles. The van der Waals surface area contributed by atoms with Crippen LogP contribution in [0.1, 0.15) is 72.1 Å². The Kier molecular flexibility index (Phi) is 11.7. The number of rotatable bonds is 13. The van der Waals surface area contributed by atoms with Gasteiger partial charge in [0.1, 0.15) is 0 Å². The molecule has 0 fully saturated rings. The van der Waals surface area contributed by atoms with Gasteiger partial charge < -0.3 is 5.32 Å². The van der Waals surface area contributed by atoms with Crippen LogP contribution in [0.15, 0.2) is 0 Å². The quantitative estimate of drug-likeness (QED) is 0.528. The van der Waals surface area contributed by atoms with Gasteiger partial charge in [-0.25, -0.2) is 8.42 Å². The van der Waals surface area contributed by atoms with E-state index in [1.54, 1.807) is 6.92 Å². The van der Waals surface area contributed by atoms with Crippen molar-refractivity contribution in [3.63, 3.8) is 0 Å². The Labute approximate surface area is 120 Å². The van der Waals surface area contributed by atoms with Crippen LogP contribution in [0.25, 0.3) is 0 Å². The van der Waals surface area contributed by atoms with E-state index >= 15 is 0 Å². The zero-order valence-corrected chi connectivity index (χ0v) is 13.9. The Balaban J connectivity index is 3.35. The summed E-state index contributed by atoms with van der Waals surface area (Å²) in [6.07, 6.45) is 10.5. The smallest absolute Gasteiger partial charge is 0.151 e. The normalized spacial score (nSPS) is 13.6. The summed E-state index contributed by atoms with van der Waals surface area (Å²) in [5.74, 6) is 0.511. The lowest BCUT2D eigenvalue weighted by Crippen LogP contribution is -2.34. The maximum atomic E-state index is 11.4. The molecule has 1 atom stereocenters. The van der Waals surface area contributed by atoms with Gasteiger partial charge in [-0.1, -0.05) is 58.8 Å². The van der Waals surface area contributed by atoms with Crippen molar-refractivity contribution in [3.8, 4) is 0 Å². The van der Waals surface area contributed by atoms with Crippen molar-refractivity contribution in [2.45, 2.75) is 78.2 Å². The minimum Gasteiger partial charge on any atom is -0.313 e. The molecule has 1 unspecified atom stereocenters. The number of sulfone groups is 1. The van der Waals surface area contributed by atoms with Crippen molar-refractivity contribution < 1.29 is 8.42 Å². The molecule has 0 aliphatic carbocycles. The average Bonchev–Trinajstić information content (AvgIpc) is 2.36. The van der Waals surface area contributed by atoms with Crippen LogP contribution >= 0.6 is 0 Å². The van der Waals surface area contributed by atoms with Crippen LogP contribution < -0.4 is 5.32 Å². The van der Waals surface area contributed by atoms with Gasteiger partial charge in [0.15, 0.2) is 9.84 Å². The van der Waals surface area contributed by atoms with Crippen LogP contribution in [-0.2, 0) is 9.84 Å². The Morgan fingerprint density at radius 1 is 0.895 bits per heavy atom. The van der Waals surface area contributed by atoms with Crippen LogP contribution in [0.2, 0.25) is 0 Å². The predicted molar refractivity (Wildman–Crippen MR) is 84.4 cm³/mol. The van der Waals surface area contributed by atoms with E-state index in [-0.39, 0.29) is 17.5 Å². The average molecular weight is 292 g/mol. The first kappa shape index (κ1) is 18.9. The molecule has 0 rings (SSSR count). The Bertz CT molecular complexity index is 289. The lowest BCUT2D eigenvalue weighted by atomic mass is 10.1. The maximum Gasteiger partial charge on any atom is 0.151 e. The number of unbranched alkanes of at least 4 members (excludes halogenated alkanes) is 7. The molecule has 0 aliphatic heterocycles. The van der Waals surface area contributed by atoms with Crippen molar-refractivity contribution in [1.82, 2.24) is 5.32 Å². The van der Waals surface area contributed by atoms with E-state index < -0.39 is 9.84 Å². The number of hydrogen-bond donors (Lipinski definition) is 1. The lowest BCUT2D eigenvalue weighted by Gasteiger charge is -2.13. The summed E-state index contributed by atoms with van der Waals surface area (Å²) in [4.78, 5) is 0.